The molecular formula is C16H23N3O. The van der Waals surface area contributed by atoms with Gasteiger partial charge in [-0.3, -0.25) is 5.10 Å². The molecule has 108 valence electrons. The number of hydrogen-bond donors (Lipinski definition) is 3. The predicted octanol–water partition coefficient (Wildman–Crippen LogP) is 2.72. The zero-order valence-corrected chi connectivity index (χ0v) is 11.8. The molecule has 0 atom stereocenters. The van der Waals surface area contributed by atoms with E-state index in [-0.39, 0.29) is 0 Å². The van der Waals surface area contributed by atoms with E-state index in [1.54, 1.807) is 0 Å². The quantitative estimate of drug-likeness (QED) is 0.616. The Morgan fingerprint density at radius 2 is 1.85 bits per heavy atom. The molecule has 0 unspecified atom stereocenters. The van der Waals surface area contributed by atoms with Crippen molar-refractivity contribution in [3.63, 3.8) is 0 Å². The lowest BCUT2D eigenvalue weighted by molar-refractivity contribution is 0.282. The van der Waals surface area contributed by atoms with E-state index >= 15 is 0 Å². The molecule has 0 bridgehead atoms. The van der Waals surface area contributed by atoms with Crippen LogP contribution in [0.5, 0.6) is 0 Å². The van der Waals surface area contributed by atoms with Crippen LogP contribution in [0.15, 0.2) is 36.5 Å². The Kier molecular flexibility index (Phi) is 6.27. The molecule has 0 aliphatic carbocycles. The molecule has 4 heteroatoms. The van der Waals surface area contributed by atoms with Gasteiger partial charge in [0.2, 0.25) is 0 Å². The number of nitrogens with zero attached hydrogens (tertiary/aromatic N) is 1. The molecule has 0 spiro atoms. The van der Waals surface area contributed by atoms with E-state index in [9.17, 15) is 0 Å². The normalized spacial score (nSPS) is 10.8. The molecule has 0 aliphatic heterocycles. The van der Waals surface area contributed by atoms with Crippen LogP contribution in [0.1, 0.15) is 31.2 Å². The van der Waals surface area contributed by atoms with Gasteiger partial charge in [0.1, 0.15) is 0 Å². The van der Waals surface area contributed by atoms with Gasteiger partial charge in [0.05, 0.1) is 11.9 Å². The molecule has 0 aliphatic rings. The summed E-state index contributed by atoms with van der Waals surface area (Å²) in [5, 5.41) is 19.4. The number of nitrogens with one attached hydrogen (secondary N) is 2. The Morgan fingerprint density at radius 1 is 1.05 bits per heavy atom. The van der Waals surface area contributed by atoms with Gasteiger partial charge in [-0.2, -0.15) is 5.10 Å². The van der Waals surface area contributed by atoms with Gasteiger partial charge in [-0.05, 0) is 24.9 Å². The van der Waals surface area contributed by atoms with Gasteiger partial charge in [0, 0.05) is 18.7 Å². The highest BCUT2D eigenvalue weighted by molar-refractivity contribution is 5.62. The Morgan fingerprint density at radius 3 is 2.65 bits per heavy atom. The van der Waals surface area contributed by atoms with Crippen molar-refractivity contribution in [2.75, 3.05) is 13.2 Å². The maximum absolute atomic E-state index is 8.71. The Bertz CT molecular complexity index is 481. The van der Waals surface area contributed by atoms with Crippen LogP contribution >= 0.6 is 0 Å². The molecule has 1 heterocycles. The molecule has 20 heavy (non-hydrogen) atoms. The topological polar surface area (TPSA) is 60.9 Å². The fraction of sp³-hybridized carbons (Fsp3) is 0.438. The highest BCUT2D eigenvalue weighted by Gasteiger charge is 2.06. The third kappa shape index (κ3) is 4.47. The van der Waals surface area contributed by atoms with Crippen molar-refractivity contribution in [3.8, 4) is 11.3 Å². The van der Waals surface area contributed by atoms with Crippen molar-refractivity contribution in [2.24, 2.45) is 0 Å². The van der Waals surface area contributed by atoms with Gasteiger partial charge in [-0.25, -0.2) is 0 Å². The first-order valence-corrected chi connectivity index (χ1v) is 7.31. The van der Waals surface area contributed by atoms with Crippen molar-refractivity contribution in [3.05, 3.63) is 42.1 Å². The number of rotatable bonds is 9. The third-order valence-corrected chi connectivity index (χ3v) is 3.36. The third-order valence-electron chi connectivity index (χ3n) is 3.36. The molecule has 0 amide bonds. The average molecular weight is 273 g/mol. The number of aromatic amines is 1. The van der Waals surface area contributed by atoms with Crippen molar-refractivity contribution in [2.45, 2.75) is 32.2 Å². The lowest BCUT2D eigenvalue weighted by Gasteiger charge is -2.06. The summed E-state index contributed by atoms with van der Waals surface area (Å²) in [7, 11) is 0. The highest BCUT2D eigenvalue weighted by atomic mass is 16.2. The molecule has 2 aromatic rings. The zero-order chi connectivity index (χ0) is 14.0. The van der Waals surface area contributed by atoms with Gasteiger partial charge in [0.15, 0.2) is 0 Å². The van der Waals surface area contributed by atoms with Crippen molar-refractivity contribution < 1.29 is 5.11 Å². The van der Waals surface area contributed by atoms with Gasteiger partial charge < -0.3 is 10.4 Å². The lowest BCUT2D eigenvalue weighted by Crippen LogP contribution is -2.14. The van der Waals surface area contributed by atoms with E-state index < -0.39 is 0 Å². The van der Waals surface area contributed by atoms with Crippen molar-refractivity contribution in [1.29, 1.82) is 0 Å². The fourth-order valence-corrected chi connectivity index (χ4v) is 2.24. The Labute approximate surface area is 120 Å². The van der Waals surface area contributed by atoms with E-state index in [0.29, 0.717) is 6.61 Å². The second-order valence-electron chi connectivity index (χ2n) is 4.95. The molecule has 1 aromatic carbocycles. The summed E-state index contributed by atoms with van der Waals surface area (Å²) in [6, 6.07) is 10.3. The molecule has 0 radical (unpaired) electrons. The first-order chi connectivity index (χ1) is 9.92. The van der Waals surface area contributed by atoms with Gasteiger partial charge in [0.25, 0.3) is 0 Å². The molecular weight excluding hydrogens is 250 g/mol. The molecule has 4 nitrogen and oxygen atoms in total. The van der Waals surface area contributed by atoms with E-state index in [2.05, 4.69) is 27.6 Å². The Balaban J connectivity index is 1.76. The number of unbranched alkanes of at least 4 members (excludes halogenated alkanes) is 3. The van der Waals surface area contributed by atoms with E-state index in [1.807, 2.05) is 24.4 Å². The first-order valence-electron chi connectivity index (χ1n) is 7.31. The summed E-state index contributed by atoms with van der Waals surface area (Å²) in [4.78, 5) is 0. The van der Waals surface area contributed by atoms with Gasteiger partial charge >= 0.3 is 0 Å². The number of aliphatic hydroxyl groups is 1. The minimum absolute atomic E-state index is 0.308. The highest BCUT2D eigenvalue weighted by Crippen LogP contribution is 2.20. The lowest BCUT2D eigenvalue weighted by atomic mass is 10.1. The van der Waals surface area contributed by atoms with Crippen LogP contribution < -0.4 is 5.32 Å². The van der Waals surface area contributed by atoms with Crippen LogP contribution in [-0.2, 0) is 6.54 Å². The monoisotopic (exact) mass is 273 g/mol. The van der Waals surface area contributed by atoms with Crippen LogP contribution in [0.2, 0.25) is 0 Å². The second kappa shape index (κ2) is 8.51. The van der Waals surface area contributed by atoms with E-state index in [4.69, 9.17) is 5.11 Å². The largest absolute Gasteiger partial charge is 0.396 e. The summed E-state index contributed by atoms with van der Waals surface area (Å²) >= 11 is 0. The molecule has 0 saturated carbocycles. The average Bonchev–Trinajstić information content (AvgIpc) is 2.96. The first kappa shape index (κ1) is 14.8. The van der Waals surface area contributed by atoms with Crippen LogP contribution in [0, 0.1) is 0 Å². The Hall–Kier alpha value is -1.65. The fourth-order valence-electron chi connectivity index (χ4n) is 2.24. The SMILES string of the molecule is OCCCCCCNCc1cn[nH]c1-c1ccccc1. The molecule has 1 aromatic heterocycles. The molecule has 0 fully saturated rings. The van der Waals surface area contributed by atoms with E-state index in [1.165, 1.54) is 17.5 Å². The van der Waals surface area contributed by atoms with Gasteiger partial charge in [-0.15, -0.1) is 0 Å². The summed E-state index contributed by atoms with van der Waals surface area (Å²) in [5.41, 5.74) is 3.47. The maximum Gasteiger partial charge on any atom is 0.0695 e. The van der Waals surface area contributed by atoms with Gasteiger partial charge in [-0.1, -0.05) is 43.2 Å². The summed E-state index contributed by atoms with van der Waals surface area (Å²) in [6.07, 6.45) is 6.24. The summed E-state index contributed by atoms with van der Waals surface area (Å²) in [5.74, 6) is 0. The summed E-state index contributed by atoms with van der Waals surface area (Å²) < 4.78 is 0. The maximum atomic E-state index is 8.71. The molecule has 2 rings (SSSR count). The number of hydrogen-bond acceptors (Lipinski definition) is 3. The number of H-pyrrole nitrogens is 1. The predicted molar refractivity (Wildman–Crippen MR) is 81.3 cm³/mol. The van der Waals surface area contributed by atoms with Crippen molar-refractivity contribution in [1.82, 2.24) is 15.5 Å². The van der Waals surface area contributed by atoms with Crippen LogP contribution in [0.3, 0.4) is 0 Å². The minimum atomic E-state index is 0.308. The minimum Gasteiger partial charge on any atom is -0.396 e. The number of aromatic nitrogens is 2. The number of aliphatic hydroxyl groups excluding tert-OH is 1. The van der Waals surface area contributed by atoms with Crippen molar-refractivity contribution >= 4 is 0 Å². The second-order valence-corrected chi connectivity index (χ2v) is 4.95. The van der Waals surface area contributed by atoms with Crippen LogP contribution in [-0.4, -0.2) is 28.5 Å². The zero-order valence-electron chi connectivity index (χ0n) is 11.8. The standard InChI is InChI=1S/C16H23N3O/c20-11-7-2-1-6-10-17-12-15-13-18-19-16(15)14-8-4-3-5-9-14/h3-5,8-9,13,17,20H,1-2,6-7,10-12H2,(H,18,19). The van der Waals surface area contributed by atoms with Crippen LogP contribution in [0.4, 0.5) is 0 Å². The smallest absolute Gasteiger partial charge is 0.0695 e. The molecule has 3 N–H and O–H groups in total. The summed E-state index contributed by atoms with van der Waals surface area (Å²) in [6.45, 7) is 2.15. The number of benzene rings is 1. The van der Waals surface area contributed by atoms with E-state index in [0.717, 1.165) is 38.0 Å². The van der Waals surface area contributed by atoms with Crippen LogP contribution in [0.25, 0.3) is 11.3 Å². The molecule has 0 saturated heterocycles.